The number of likely N-dealkylation sites (N-methyl/N-ethyl adjacent to an activating group) is 1. The van der Waals surface area contributed by atoms with Gasteiger partial charge in [0.25, 0.3) is 0 Å². The molecular weight excluding hydrogens is 665 g/mol. The van der Waals surface area contributed by atoms with Crippen molar-refractivity contribution in [2.45, 2.75) is 187 Å². The first kappa shape index (κ1) is 49.5. The number of ether oxygens (including phenoxy) is 2. The smallest absolute Gasteiger partial charge is 0.462 e. The van der Waals surface area contributed by atoms with Crippen molar-refractivity contribution < 1.29 is 37.6 Å². The topological polar surface area (TPSA) is 112 Å². The second-order valence-corrected chi connectivity index (χ2v) is 15.3. The number of carbonyl (C=O) groups is 2. The molecule has 2 atom stereocenters. The summed E-state index contributed by atoms with van der Waals surface area (Å²) in [5, 5.41) is 0. The summed E-state index contributed by atoms with van der Waals surface area (Å²) in [5.74, 6) is -0.818. The highest BCUT2D eigenvalue weighted by molar-refractivity contribution is 7.47. The molecule has 0 saturated carbocycles. The van der Waals surface area contributed by atoms with E-state index in [4.69, 9.17) is 18.5 Å². The van der Waals surface area contributed by atoms with Crippen LogP contribution in [0.2, 0.25) is 0 Å². The van der Waals surface area contributed by atoms with Crippen LogP contribution in [-0.4, -0.2) is 67.8 Å². The molecule has 0 aliphatic carbocycles. The second kappa shape index (κ2) is 36.8. The fourth-order valence-corrected chi connectivity index (χ4v) is 6.20. The minimum Gasteiger partial charge on any atom is -0.462 e. The largest absolute Gasteiger partial charge is 0.472 e. The van der Waals surface area contributed by atoms with Crippen LogP contribution in [0.1, 0.15) is 181 Å². The zero-order valence-corrected chi connectivity index (χ0v) is 34.2. The Labute approximate surface area is 313 Å². The highest BCUT2D eigenvalue weighted by atomic mass is 31.2. The van der Waals surface area contributed by atoms with Gasteiger partial charge in [-0.2, -0.15) is 0 Å². The van der Waals surface area contributed by atoms with Gasteiger partial charge in [-0.05, 0) is 77.8 Å². The molecule has 10 heteroatoms. The molecule has 1 N–H and O–H groups in total. The number of phosphoric acid groups is 1. The van der Waals surface area contributed by atoms with Crippen LogP contribution in [0.15, 0.2) is 24.3 Å². The van der Waals surface area contributed by atoms with Gasteiger partial charge >= 0.3 is 19.8 Å². The fourth-order valence-electron chi connectivity index (χ4n) is 5.45. The Kier molecular flexibility index (Phi) is 35.7. The molecule has 0 fully saturated rings. The monoisotopic (exact) mass is 744 g/mol. The Balaban J connectivity index is 4.42. The maximum Gasteiger partial charge on any atom is 0.472 e. The maximum absolute atomic E-state index is 12.6. The average molecular weight is 744 g/mol. The number of carbonyl (C=O) groups excluding carboxylic acids is 2. The molecule has 0 heterocycles. The molecule has 2 unspecified atom stereocenters. The predicted octanol–water partition coefficient (Wildman–Crippen LogP) is 11.4. The van der Waals surface area contributed by atoms with Crippen LogP contribution < -0.4 is 0 Å². The number of unbranched alkanes of at least 4 members (excludes halogenated alkanes) is 19. The first-order chi connectivity index (χ1) is 24.7. The molecule has 0 aromatic rings. The predicted molar refractivity (Wildman–Crippen MR) is 211 cm³/mol. The van der Waals surface area contributed by atoms with Gasteiger partial charge in [-0.1, -0.05) is 129 Å². The minimum absolute atomic E-state index is 0.0167. The van der Waals surface area contributed by atoms with Crippen LogP contribution in [0.3, 0.4) is 0 Å². The highest BCUT2D eigenvalue weighted by Crippen LogP contribution is 2.43. The Bertz CT molecular complexity index is 912. The van der Waals surface area contributed by atoms with Gasteiger partial charge in [0.15, 0.2) is 6.10 Å². The molecule has 0 aromatic carbocycles. The van der Waals surface area contributed by atoms with Gasteiger partial charge in [-0.3, -0.25) is 18.6 Å². The van der Waals surface area contributed by atoms with Crippen molar-refractivity contribution in [1.29, 1.82) is 0 Å². The number of rotatable bonds is 38. The van der Waals surface area contributed by atoms with E-state index in [2.05, 4.69) is 38.2 Å². The lowest BCUT2D eigenvalue weighted by Crippen LogP contribution is -2.29. The van der Waals surface area contributed by atoms with Crippen LogP contribution in [0, 0.1) is 0 Å². The molecule has 300 valence electrons. The van der Waals surface area contributed by atoms with E-state index in [-0.39, 0.29) is 32.0 Å². The van der Waals surface area contributed by atoms with E-state index in [1.165, 1.54) is 70.6 Å². The molecule has 51 heavy (non-hydrogen) atoms. The lowest BCUT2D eigenvalue weighted by molar-refractivity contribution is -0.161. The molecule has 0 bridgehead atoms. The van der Waals surface area contributed by atoms with Gasteiger partial charge in [0.1, 0.15) is 6.61 Å². The van der Waals surface area contributed by atoms with E-state index in [1.807, 2.05) is 18.9 Å². The van der Waals surface area contributed by atoms with Crippen molar-refractivity contribution in [3.8, 4) is 0 Å². The van der Waals surface area contributed by atoms with Gasteiger partial charge in [-0.15, -0.1) is 0 Å². The summed E-state index contributed by atoms with van der Waals surface area (Å²) in [7, 11) is -2.49. The lowest BCUT2D eigenvalue weighted by atomic mass is 10.1. The summed E-state index contributed by atoms with van der Waals surface area (Å²) in [4.78, 5) is 37.1. The molecule has 0 aliphatic rings. The number of phosphoric ester groups is 1. The van der Waals surface area contributed by atoms with Crippen LogP contribution in [-0.2, 0) is 32.7 Å². The van der Waals surface area contributed by atoms with Gasteiger partial charge in [0.05, 0.1) is 13.2 Å². The van der Waals surface area contributed by atoms with Crippen LogP contribution in [0.25, 0.3) is 0 Å². The Morgan fingerprint density at radius 1 is 0.608 bits per heavy atom. The molecule has 0 radical (unpaired) electrons. The Morgan fingerprint density at radius 2 is 1.04 bits per heavy atom. The van der Waals surface area contributed by atoms with E-state index in [0.29, 0.717) is 13.0 Å². The van der Waals surface area contributed by atoms with Crippen molar-refractivity contribution in [2.24, 2.45) is 0 Å². The Morgan fingerprint density at radius 3 is 1.53 bits per heavy atom. The Hall–Kier alpha value is -1.51. The standard InChI is InChI=1S/C41H78NO8P/c1-5-8-10-12-14-16-18-20-22-24-26-28-30-32-34-41(44)50-39(38-49-51(45,46)48-36-35-42(4)7-3)37-47-40(43)33-31-29-27-25-23-21-19-17-15-13-11-9-6-2/h17-20,39H,5-16,21-38H2,1-4H3,(H,45,46)/b19-17-,20-18-. The van der Waals surface area contributed by atoms with Crippen molar-refractivity contribution in [2.75, 3.05) is 40.0 Å². The van der Waals surface area contributed by atoms with Crippen LogP contribution in [0.5, 0.6) is 0 Å². The molecule has 0 saturated heterocycles. The molecule has 0 rings (SSSR count). The molecule has 0 aliphatic heterocycles. The van der Waals surface area contributed by atoms with Crippen LogP contribution in [0.4, 0.5) is 0 Å². The summed E-state index contributed by atoms with van der Waals surface area (Å²) >= 11 is 0. The minimum atomic E-state index is -4.37. The zero-order chi connectivity index (χ0) is 37.7. The van der Waals surface area contributed by atoms with Gasteiger partial charge < -0.3 is 19.3 Å². The van der Waals surface area contributed by atoms with Crippen molar-refractivity contribution in [3.63, 3.8) is 0 Å². The molecule has 0 amide bonds. The van der Waals surface area contributed by atoms with E-state index in [9.17, 15) is 19.0 Å². The van der Waals surface area contributed by atoms with Crippen molar-refractivity contribution in [3.05, 3.63) is 24.3 Å². The van der Waals surface area contributed by atoms with E-state index in [1.54, 1.807) is 0 Å². The SMILES string of the molecule is CCCCCC/C=C\CCCCCCCC(=O)OCC(COP(=O)(O)OCCN(C)CC)OC(=O)CCCCCCC/C=C\CCCCCCC. The van der Waals surface area contributed by atoms with Crippen molar-refractivity contribution in [1.82, 2.24) is 4.90 Å². The normalized spacial score (nSPS) is 13.7. The van der Waals surface area contributed by atoms with Gasteiger partial charge in [0.2, 0.25) is 0 Å². The van der Waals surface area contributed by atoms with E-state index in [0.717, 1.165) is 77.2 Å². The molecule has 0 spiro atoms. The lowest BCUT2D eigenvalue weighted by Gasteiger charge is -2.20. The maximum atomic E-state index is 12.6. The zero-order valence-electron chi connectivity index (χ0n) is 33.3. The fraction of sp³-hybridized carbons (Fsp3) is 0.854. The molecule has 0 aromatic heterocycles. The highest BCUT2D eigenvalue weighted by Gasteiger charge is 2.26. The van der Waals surface area contributed by atoms with Gasteiger partial charge in [0, 0.05) is 19.4 Å². The summed E-state index contributed by atoms with van der Waals surface area (Å²) in [6.45, 7) is 7.06. The number of nitrogens with zero attached hydrogens (tertiary/aromatic N) is 1. The summed E-state index contributed by atoms with van der Waals surface area (Å²) in [6, 6.07) is 0. The number of esters is 2. The summed E-state index contributed by atoms with van der Waals surface area (Å²) < 4.78 is 33.6. The first-order valence-electron chi connectivity index (χ1n) is 20.7. The number of allylic oxidation sites excluding steroid dienone is 4. The number of hydrogen-bond donors (Lipinski definition) is 1. The quantitative estimate of drug-likeness (QED) is 0.0286. The second-order valence-electron chi connectivity index (χ2n) is 13.9. The first-order valence-corrected chi connectivity index (χ1v) is 22.2. The van der Waals surface area contributed by atoms with Crippen molar-refractivity contribution >= 4 is 19.8 Å². The third kappa shape index (κ3) is 36.6. The van der Waals surface area contributed by atoms with Gasteiger partial charge in [-0.25, -0.2) is 4.57 Å². The number of hydrogen-bond acceptors (Lipinski definition) is 8. The third-order valence-electron chi connectivity index (χ3n) is 8.95. The van der Waals surface area contributed by atoms with E-state index < -0.39 is 26.5 Å². The average Bonchev–Trinajstić information content (AvgIpc) is 3.11. The summed E-state index contributed by atoms with van der Waals surface area (Å²) in [6.07, 6.45) is 35.0. The molecule has 9 nitrogen and oxygen atoms in total. The van der Waals surface area contributed by atoms with Crippen LogP contribution >= 0.6 is 7.82 Å². The van der Waals surface area contributed by atoms with E-state index >= 15 is 0 Å². The molecular formula is C41H78NO8P. The third-order valence-corrected chi connectivity index (χ3v) is 9.94. The summed E-state index contributed by atoms with van der Waals surface area (Å²) in [5.41, 5.74) is 0.